The SMILES string of the molecule is C=C(C)[C@@H]1CCC(C)=C[C@H]1c1c(O)cc(CCCCC)cc1OCOCC1=C(C(=O)O)N2C(=O)[C@H]([C@@H](C)O)C2S1. The van der Waals surface area contributed by atoms with Crippen LogP contribution in [0.3, 0.4) is 0 Å². The number of aryl methyl sites for hydroxylation is 1. The quantitative estimate of drug-likeness (QED) is 0.119. The van der Waals surface area contributed by atoms with Gasteiger partial charge in [-0.1, -0.05) is 55.3 Å². The molecule has 1 aromatic rings. The van der Waals surface area contributed by atoms with Gasteiger partial charge in [-0.15, -0.1) is 0 Å². The van der Waals surface area contributed by atoms with Crippen LogP contribution in [0.2, 0.25) is 0 Å². The number of phenols is 1. The van der Waals surface area contributed by atoms with E-state index in [0.717, 1.165) is 49.7 Å². The van der Waals surface area contributed by atoms with E-state index in [1.807, 2.05) is 19.1 Å². The van der Waals surface area contributed by atoms with Crippen LogP contribution in [0.1, 0.15) is 76.8 Å². The van der Waals surface area contributed by atoms with Gasteiger partial charge in [-0.25, -0.2) is 4.79 Å². The number of aromatic hydroxyl groups is 1. The second-order valence-corrected chi connectivity index (χ2v) is 12.4. The van der Waals surface area contributed by atoms with Crippen molar-refractivity contribution in [1.82, 2.24) is 4.90 Å². The summed E-state index contributed by atoms with van der Waals surface area (Å²) in [5.41, 5.74) is 3.92. The number of benzene rings is 1. The first-order chi connectivity index (χ1) is 19.0. The first-order valence-corrected chi connectivity index (χ1v) is 15.0. The summed E-state index contributed by atoms with van der Waals surface area (Å²) in [6.45, 7) is 11.8. The normalized spacial score (nSPS) is 24.9. The van der Waals surface area contributed by atoms with Crippen molar-refractivity contribution >= 4 is 23.6 Å². The van der Waals surface area contributed by atoms with Gasteiger partial charge in [-0.3, -0.25) is 9.69 Å². The number of hydrogen-bond donors (Lipinski definition) is 3. The van der Waals surface area contributed by atoms with Crippen LogP contribution in [0, 0.1) is 11.8 Å². The number of phenolic OH excluding ortho intramolecular Hbond substituents is 1. The minimum atomic E-state index is -1.20. The van der Waals surface area contributed by atoms with Gasteiger partial charge in [-0.2, -0.15) is 0 Å². The third-order valence-corrected chi connectivity index (χ3v) is 9.41. The summed E-state index contributed by atoms with van der Waals surface area (Å²) in [5, 5.41) is 30.5. The van der Waals surface area contributed by atoms with Crippen molar-refractivity contribution in [3.63, 3.8) is 0 Å². The van der Waals surface area contributed by atoms with Crippen molar-refractivity contribution in [3.05, 3.63) is 57.7 Å². The number of unbranched alkanes of at least 4 members (excludes halogenated alkanes) is 2. The average molecular weight is 572 g/mol. The first-order valence-electron chi connectivity index (χ1n) is 14.1. The lowest BCUT2D eigenvalue weighted by Gasteiger charge is -2.43. The number of carboxylic acids is 1. The van der Waals surface area contributed by atoms with Crippen LogP contribution in [-0.4, -0.2) is 57.0 Å². The van der Waals surface area contributed by atoms with Crippen LogP contribution in [0.5, 0.6) is 11.5 Å². The maximum atomic E-state index is 12.5. The number of thioether (sulfide) groups is 1. The van der Waals surface area contributed by atoms with Crippen LogP contribution in [-0.2, 0) is 20.7 Å². The van der Waals surface area contributed by atoms with Crippen molar-refractivity contribution in [2.75, 3.05) is 13.4 Å². The van der Waals surface area contributed by atoms with Crippen LogP contribution in [0.4, 0.5) is 0 Å². The number of ether oxygens (including phenoxy) is 2. The Balaban J connectivity index is 1.53. The van der Waals surface area contributed by atoms with Crippen LogP contribution in [0.25, 0.3) is 0 Å². The second-order valence-electron chi connectivity index (χ2n) is 11.2. The average Bonchev–Trinajstić information content (AvgIpc) is 3.20. The molecule has 0 radical (unpaired) electrons. The highest BCUT2D eigenvalue weighted by Gasteiger charge is 2.57. The van der Waals surface area contributed by atoms with E-state index in [1.165, 1.54) is 29.2 Å². The Hall–Kier alpha value is -2.75. The molecule has 40 heavy (non-hydrogen) atoms. The zero-order chi connectivity index (χ0) is 29.1. The van der Waals surface area contributed by atoms with E-state index in [0.29, 0.717) is 16.2 Å². The highest BCUT2D eigenvalue weighted by molar-refractivity contribution is 8.04. The maximum absolute atomic E-state index is 12.5. The Morgan fingerprint density at radius 1 is 1.30 bits per heavy atom. The van der Waals surface area contributed by atoms with Crippen molar-refractivity contribution in [1.29, 1.82) is 0 Å². The molecule has 1 amide bonds. The minimum absolute atomic E-state index is 0.0482. The van der Waals surface area contributed by atoms with E-state index in [-0.39, 0.29) is 42.6 Å². The van der Waals surface area contributed by atoms with Gasteiger partial charge >= 0.3 is 5.97 Å². The molecule has 9 heteroatoms. The number of carbonyl (C=O) groups is 2. The van der Waals surface area contributed by atoms with E-state index >= 15 is 0 Å². The molecule has 1 aromatic carbocycles. The number of β-lactam (4-membered cyclic amide) rings is 1. The molecule has 1 fully saturated rings. The Morgan fingerprint density at radius 3 is 2.70 bits per heavy atom. The molecule has 3 aliphatic rings. The van der Waals surface area contributed by atoms with E-state index in [1.54, 1.807) is 0 Å². The zero-order valence-corrected chi connectivity index (χ0v) is 24.6. The van der Waals surface area contributed by atoms with Gasteiger partial charge in [0.1, 0.15) is 22.6 Å². The molecular formula is C31H41NO7S. The summed E-state index contributed by atoms with van der Waals surface area (Å²) in [6.07, 6.45) is 7.29. The largest absolute Gasteiger partial charge is 0.507 e. The molecule has 2 heterocycles. The fourth-order valence-corrected chi connectivity index (χ4v) is 7.49. The Kier molecular flexibility index (Phi) is 9.69. The zero-order valence-electron chi connectivity index (χ0n) is 23.8. The van der Waals surface area contributed by atoms with Gasteiger partial charge in [0.25, 0.3) is 0 Å². The number of hydrogen-bond acceptors (Lipinski definition) is 7. The van der Waals surface area contributed by atoms with E-state index in [2.05, 4.69) is 26.5 Å². The van der Waals surface area contributed by atoms with E-state index in [9.17, 15) is 24.9 Å². The number of rotatable bonds is 13. The van der Waals surface area contributed by atoms with Crippen molar-refractivity contribution < 1.29 is 34.4 Å². The highest BCUT2D eigenvalue weighted by Crippen LogP contribution is 2.50. The summed E-state index contributed by atoms with van der Waals surface area (Å²) >= 11 is 1.23. The number of aliphatic carboxylic acids is 1. The summed E-state index contributed by atoms with van der Waals surface area (Å²) in [7, 11) is 0. The molecule has 2 aliphatic heterocycles. The van der Waals surface area contributed by atoms with E-state index < -0.39 is 23.4 Å². The summed E-state index contributed by atoms with van der Waals surface area (Å²) < 4.78 is 11.9. The topological polar surface area (TPSA) is 117 Å². The van der Waals surface area contributed by atoms with Crippen molar-refractivity contribution in [3.8, 4) is 11.5 Å². The molecule has 5 atom stereocenters. The predicted molar refractivity (Wildman–Crippen MR) is 155 cm³/mol. The second kappa shape index (κ2) is 12.8. The molecule has 0 saturated carbocycles. The lowest BCUT2D eigenvalue weighted by Crippen LogP contribution is -2.60. The number of carboxylic acid groups (broad SMARTS) is 1. The summed E-state index contributed by atoms with van der Waals surface area (Å²) in [6, 6.07) is 3.82. The number of allylic oxidation sites excluding steroid dienone is 3. The lowest BCUT2D eigenvalue weighted by molar-refractivity contribution is -0.156. The van der Waals surface area contributed by atoms with Crippen molar-refractivity contribution in [2.45, 2.75) is 83.6 Å². The summed E-state index contributed by atoms with van der Waals surface area (Å²) in [4.78, 5) is 26.0. The highest BCUT2D eigenvalue weighted by atomic mass is 32.2. The number of carbonyl (C=O) groups excluding carboxylic acids is 1. The van der Waals surface area contributed by atoms with Gasteiger partial charge in [0.15, 0.2) is 6.79 Å². The van der Waals surface area contributed by atoms with E-state index in [4.69, 9.17) is 9.47 Å². The summed E-state index contributed by atoms with van der Waals surface area (Å²) in [5.74, 6) is -1.39. The number of nitrogens with zero attached hydrogens (tertiary/aromatic N) is 1. The molecule has 1 saturated heterocycles. The minimum Gasteiger partial charge on any atom is -0.507 e. The molecule has 4 rings (SSSR count). The maximum Gasteiger partial charge on any atom is 0.353 e. The lowest BCUT2D eigenvalue weighted by atomic mass is 9.73. The molecule has 0 aromatic heterocycles. The Bertz CT molecular complexity index is 1220. The third kappa shape index (κ3) is 6.11. The number of aliphatic hydroxyl groups excluding tert-OH is 1. The molecule has 218 valence electrons. The van der Waals surface area contributed by atoms with Gasteiger partial charge in [0.05, 0.1) is 18.6 Å². The molecule has 1 unspecified atom stereocenters. The molecule has 0 bridgehead atoms. The smallest absolute Gasteiger partial charge is 0.353 e. The molecular weight excluding hydrogens is 530 g/mol. The molecule has 8 nitrogen and oxygen atoms in total. The van der Waals surface area contributed by atoms with Gasteiger partial charge < -0.3 is 24.8 Å². The van der Waals surface area contributed by atoms with Gasteiger partial charge in [0.2, 0.25) is 5.91 Å². The Labute approximate surface area is 240 Å². The standard InChI is InChI=1S/C31H41NO7S/c1-6-7-8-9-20-13-23(34)27(22-12-18(4)10-11-21(22)17(2)3)24(14-20)39-16-38-15-25-28(31(36)37)32-29(35)26(19(5)33)30(32)40-25/h12-14,19,21-22,26,30,33-34H,2,6-11,15-16H2,1,3-5H3,(H,36,37)/t19-,21+,22-,26+,30?/m1/s1. The van der Waals surface area contributed by atoms with Gasteiger partial charge in [0, 0.05) is 16.4 Å². The number of amides is 1. The predicted octanol–water partition coefficient (Wildman–Crippen LogP) is 5.70. The third-order valence-electron chi connectivity index (χ3n) is 8.07. The molecule has 1 aliphatic carbocycles. The molecule has 0 spiro atoms. The monoisotopic (exact) mass is 571 g/mol. The molecule has 3 N–H and O–H groups in total. The van der Waals surface area contributed by atoms with Crippen LogP contribution in [0.15, 0.2) is 46.5 Å². The fourth-order valence-electron chi connectivity index (χ4n) is 5.95. The first kappa shape index (κ1) is 30.2. The van der Waals surface area contributed by atoms with Crippen LogP contribution >= 0.6 is 11.8 Å². The fraction of sp³-hybridized carbons (Fsp3) is 0.548. The van der Waals surface area contributed by atoms with Crippen molar-refractivity contribution in [2.24, 2.45) is 11.8 Å². The Morgan fingerprint density at radius 2 is 2.05 bits per heavy atom. The number of fused-ring (bicyclic) bond motifs is 1. The number of aliphatic hydroxyl groups is 1. The van der Waals surface area contributed by atoms with Crippen LogP contribution < -0.4 is 4.74 Å². The van der Waals surface area contributed by atoms with Gasteiger partial charge in [-0.05, 0) is 70.1 Å².